The number of amides is 6. The number of rotatable bonds is 17. The molecule has 3 atom stereocenters. The summed E-state index contributed by atoms with van der Waals surface area (Å²) in [6, 6.07) is 25.8. The molecule has 0 unspecified atom stereocenters. The lowest BCUT2D eigenvalue weighted by Crippen LogP contribution is -2.52. The van der Waals surface area contributed by atoms with Crippen LogP contribution in [0, 0.1) is 6.92 Å². The number of nitrogens with zero attached hydrogens (tertiary/aromatic N) is 3. The summed E-state index contributed by atoms with van der Waals surface area (Å²) in [4.78, 5) is 112. The van der Waals surface area contributed by atoms with Crippen LogP contribution in [0.15, 0.2) is 95.8 Å². The Labute approximate surface area is 451 Å². The second-order valence-electron chi connectivity index (χ2n) is 19.7. The summed E-state index contributed by atoms with van der Waals surface area (Å²) in [5, 5.41) is 25.9. The molecule has 6 amide bonds. The van der Waals surface area contributed by atoms with E-state index in [0.29, 0.717) is 45.9 Å². The summed E-state index contributed by atoms with van der Waals surface area (Å²) in [7, 11) is 1.41. The zero-order valence-corrected chi connectivity index (χ0v) is 43.6. The number of cyclic esters (lactones) is 1. The highest BCUT2D eigenvalue weighted by Gasteiger charge is 2.46. The first-order valence-electron chi connectivity index (χ1n) is 25.5. The van der Waals surface area contributed by atoms with E-state index in [2.05, 4.69) is 26.6 Å². The minimum atomic E-state index is -2.01. The van der Waals surface area contributed by atoms with Gasteiger partial charge in [0.1, 0.15) is 32.5 Å². The lowest BCUT2D eigenvalue weighted by molar-refractivity contribution is -0.172. The number of hydrogen-bond acceptors (Lipinski definition) is 13. The van der Waals surface area contributed by atoms with E-state index in [0.717, 1.165) is 49.2 Å². The van der Waals surface area contributed by atoms with Gasteiger partial charge in [-0.15, -0.1) is 0 Å². The number of esters is 1. The maximum absolute atomic E-state index is 14.0. The van der Waals surface area contributed by atoms with Crippen molar-refractivity contribution in [1.29, 1.82) is 0 Å². The molecule has 402 valence electrons. The quantitative estimate of drug-likeness (QED) is 0.0428. The maximum atomic E-state index is 14.0. The second-order valence-corrected chi connectivity index (χ2v) is 20.1. The van der Waals surface area contributed by atoms with E-state index in [-0.39, 0.29) is 43.9 Å². The van der Waals surface area contributed by atoms with E-state index >= 15 is 0 Å². The van der Waals surface area contributed by atoms with Gasteiger partial charge in [0, 0.05) is 46.1 Å². The molecule has 2 aliphatic carbocycles. The maximum Gasteiger partial charge on any atom is 0.410 e. The summed E-state index contributed by atoms with van der Waals surface area (Å²) in [5.41, 5.74) is 6.94. The summed E-state index contributed by atoms with van der Waals surface area (Å²) in [6.07, 6.45) is -0.327. The number of nitrogens with one attached hydrogen (secondary N) is 5. The number of aryl methyl sites for hydroxylation is 1. The molecule has 20 nitrogen and oxygen atoms in total. The average Bonchev–Trinajstić information content (AvgIpc) is 4.10. The van der Waals surface area contributed by atoms with Gasteiger partial charge in [-0.2, -0.15) is 0 Å². The molecule has 4 aliphatic rings. The van der Waals surface area contributed by atoms with Crippen LogP contribution < -0.4 is 32.1 Å². The van der Waals surface area contributed by atoms with Gasteiger partial charge in [-0.1, -0.05) is 97.4 Å². The number of pyridine rings is 2. The highest BCUT2D eigenvalue weighted by Crippen LogP contribution is 2.47. The van der Waals surface area contributed by atoms with Crippen molar-refractivity contribution >= 4 is 64.1 Å². The fourth-order valence-corrected chi connectivity index (χ4v) is 11.0. The first-order valence-corrected chi connectivity index (χ1v) is 25.8. The number of benzene rings is 4. The third kappa shape index (κ3) is 10.2. The standard InChI is InChI=1S/C57H55ClN8O12/c1-4-57(75)39-21-44-51-37(25-66(44)54(72)38(39)27-77-55(57)73)50-41(19-18-32-30(2)40(58)22-42(64-51)49(32)50)62-48(70)28-76-29-61-45(67)23-60-53(71)43(20-31-12-6-5-7-13-31)63-46(68)24-59-47(69)26-65(3)56(74)78-52-35-16-10-8-14-33(35)34-15-9-11-17-36(34)52/h5-17,21-22,41,43,52,75H,4,18-20,23-29H2,1-3H3,(H,59,69)(H,60,71)(H,61,67)(H,62,70)(H,63,68)/t41-,43-,57-/m0/s1. The van der Waals surface area contributed by atoms with Crippen LogP contribution in [0.25, 0.3) is 33.4 Å². The molecule has 6 N–H and O–H groups in total. The van der Waals surface area contributed by atoms with Crippen molar-refractivity contribution < 1.29 is 52.9 Å². The number of likely N-dealkylation sites (N-methyl/N-ethyl adjacent to an activating group) is 1. The lowest BCUT2D eigenvalue weighted by Gasteiger charge is -2.31. The topological polar surface area (TPSA) is 266 Å². The highest BCUT2D eigenvalue weighted by atomic mass is 35.5. The fraction of sp³-hybridized carbons (Fsp3) is 0.316. The van der Waals surface area contributed by atoms with Gasteiger partial charge in [-0.05, 0) is 71.7 Å². The minimum Gasteiger partial charge on any atom is -0.458 e. The zero-order chi connectivity index (χ0) is 55.0. The van der Waals surface area contributed by atoms with Crippen molar-refractivity contribution in [2.75, 3.05) is 40.0 Å². The highest BCUT2D eigenvalue weighted by molar-refractivity contribution is 6.32. The zero-order valence-electron chi connectivity index (χ0n) is 42.8. The summed E-state index contributed by atoms with van der Waals surface area (Å²) in [5.74, 6) is -4.01. The Bertz CT molecular complexity index is 3490. The molecule has 2 aromatic heterocycles. The summed E-state index contributed by atoms with van der Waals surface area (Å²) < 4.78 is 18.2. The largest absolute Gasteiger partial charge is 0.458 e. The molecule has 2 aliphatic heterocycles. The van der Waals surface area contributed by atoms with Crippen LogP contribution in [0.5, 0.6) is 0 Å². The molecule has 0 spiro atoms. The molecular formula is C57H55ClN8O12. The van der Waals surface area contributed by atoms with E-state index in [4.69, 9.17) is 30.8 Å². The summed E-state index contributed by atoms with van der Waals surface area (Å²) >= 11 is 6.72. The van der Waals surface area contributed by atoms with Crippen molar-refractivity contribution in [3.8, 4) is 22.5 Å². The Balaban J connectivity index is 0.715. The van der Waals surface area contributed by atoms with Gasteiger partial charge < -0.3 is 55.4 Å². The molecule has 0 bridgehead atoms. The number of ether oxygens (including phenoxy) is 3. The van der Waals surface area contributed by atoms with Crippen LogP contribution in [0.4, 0.5) is 4.79 Å². The molecule has 78 heavy (non-hydrogen) atoms. The Morgan fingerprint density at radius 2 is 1.56 bits per heavy atom. The third-order valence-electron chi connectivity index (χ3n) is 14.8. The third-order valence-corrected chi connectivity index (χ3v) is 15.2. The van der Waals surface area contributed by atoms with Crippen LogP contribution in [0.3, 0.4) is 0 Å². The van der Waals surface area contributed by atoms with Crippen LogP contribution in [0.2, 0.25) is 5.02 Å². The Morgan fingerprint density at radius 1 is 0.872 bits per heavy atom. The van der Waals surface area contributed by atoms with E-state index in [1.165, 1.54) is 7.05 Å². The van der Waals surface area contributed by atoms with Crippen LogP contribution in [0.1, 0.15) is 82.0 Å². The SMILES string of the molecule is CC[C@@]1(O)C(=O)OCc2c1cc1n(c2=O)Cc2c-1nc1cc(Cl)c(C)c3c1c2[C@@H](NC(=O)COCNC(=O)CNC(=O)[C@H](Cc1ccccc1)NC(=O)CNC(=O)CN(C)C(=O)OC1c2ccccc2-c2ccccc21)CC3. The van der Waals surface area contributed by atoms with Crippen molar-refractivity contribution in [3.63, 3.8) is 0 Å². The molecule has 4 heterocycles. The molecule has 21 heteroatoms. The molecule has 0 fully saturated rings. The Kier molecular flexibility index (Phi) is 14.9. The van der Waals surface area contributed by atoms with Gasteiger partial charge in [-0.3, -0.25) is 28.8 Å². The number of halogens is 1. The predicted molar refractivity (Wildman–Crippen MR) is 283 cm³/mol. The van der Waals surface area contributed by atoms with Crippen LogP contribution in [-0.4, -0.2) is 107 Å². The van der Waals surface area contributed by atoms with Gasteiger partial charge in [0.2, 0.25) is 29.5 Å². The molecule has 0 saturated heterocycles. The van der Waals surface area contributed by atoms with Gasteiger partial charge in [0.15, 0.2) is 11.7 Å². The fourth-order valence-electron chi connectivity index (χ4n) is 10.8. The van der Waals surface area contributed by atoms with E-state index < -0.39 is 97.2 Å². The van der Waals surface area contributed by atoms with Crippen molar-refractivity contribution in [2.45, 2.75) is 76.5 Å². The number of aliphatic hydroxyl groups is 1. The number of carbonyl (C=O) groups excluding carboxylic acids is 7. The Morgan fingerprint density at radius 3 is 2.28 bits per heavy atom. The molecule has 10 rings (SSSR count). The normalized spacial score (nSPS) is 16.8. The first kappa shape index (κ1) is 53.0. The average molecular weight is 1080 g/mol. The molecule has 0 saturated carbocycles. The molecular weight excluding hydrogens is 1020 g/mol. The molecule has 4 aromatic carbocycles. The monoisotopic (exact) mass is 1080 g/mol. The van der Waals surface area contributed by atoms with Crippen LogP contribution in [-0.2, 0) is 74.6 Å². The summed E-state index contributed by atoms with van der Waals surface area (Å²) in [6.45, 7) is 1.11. The first-order chi connectivity index (χ1) is 37.5. The van der Waals surface area contributed by atoms with Gasteiger partial charge in [0.25, 0.3) is 5.56 Å². The minimum absolute atomic E-state index is 0.0147. The predicted octanol–water partition coefficient (Wildman–Crippen LogP) is 4.03. The van der Waals surface area contributed by atoms with E-state index in [1.807, 2.05) is 55.5 Å². The lowest BCUT2D eigenvalue weighted by atomic mass is 9.81. The van der Waals surface area contributed by atoms with Gasteiger partial charge >= 0.3 is 12.1 Å². The number of carbonyl (C=O) groups is 7. The smallest absolute Gasteiger partial charge is 0.410 e. The van der Waals surface area contributed by atoms with E-state index in [1.54, 1.807) is 54.0 Å². The van der Waals surface area contributed by atoms with Crippen LogP contribution >= 0.6 is 11.6 Å². The van der Waals surface area contributed by atoms with Crippen molar-refractivity contribution in [3.05, 3.63) is 156 Å². The number of aromatic nitrogens is 2. The van der Waals surface area contributed by atoms with E-state index in [9.17, 15) is 43.5 Å². The van der Waals surface area contributed by atoms with Gasteiger partial charge in [0.05, 0.1) is 48.1 Å². The van der Waals surface area contributed by atoms with Gasteiger partial charge in [-0.25, -0.2) is 14.6 Å². The number of fused-ring (bicyclic) bond motifs is 8. The second kappa shape index (κ2) is 21.9. The molecule has 6 aromatic rings. The van der Waals surface area contributed by atoms with Crippen molar-refractivity contribution in [2.24, 2.45) is 0 Å². The molecule has 0 radical (unpaired) electrons. The number of hydrogen-bond donors (Lipinski definition) is 6. The Hall–Kier alpha value is -8.46. The van der Waals surface area contributed by atoms with Crippen molar-refractivity contribution in [1.82, 2.24) is 41.0 Å².